The molecule has 1 saturated heterocycles. The summed E-state index contributed by atoms with van der Waals surface area (Å²) in [6.07, 6.45) is 4.98. The number of carbonyl (C=O) groups excluding carboxylic acids is 2. The third-order valence-corrected chi connectivity index (χ3v) is 9.07. The van der Waals surface area contributed by atoms with Gasteiger partial charge in [-0.25, -0.2) is 4.79 Å². The molecule has 1 aromatic rings. The molecule has 3 heterocycles. The second-order valence-electron chi connectivity index (χ2n) is 11.7. The third-order valence-electron chi connectivity index (χ3n) is 9.07. The van der Waals surface area contributed by atoms with Crippen molar-refractivity contribution in [3.63, 3.8) is 0 Å². The van der Waals surface area contributed by atoms with Crippen molar-refractivity contribution < 1.29 is 33.3 Å². The quantitative estimate of drug-likeness (QED) is 0.520. The van der Waals surface area contributed by atoms with Gasteiger partial charge in [-0.15, -0.1) is 0 Å². The Bertz CT molecular complexity index is 1160. The van der Waals surface area contributed by atoms with Crippen molar-refractivity contribution in [3.8, 4) is 11.5 Å². The molecule has 0 saturated carbocycles. The van der Waals surface area contributed by atoms with Gasteiger partial charge in [-0.2, -0.15) is 0 Å². The molecule has 0 radical (unpaired) electrons. The van der Waals surface area contributed by atoms with Crippen LogP contribution in [-0.2, 0) is 30.2 Å². The molecule has 1 aromatic carbocycles. The number of nitrogens with zero attached hydrogens (tertiary/aromatic N) is 1. The molecule has 5 rings (SSSR count). The molecule has 0 spiro atoms. The SMILES string of the molecule is CCN1CCc2cc3c(cc2C2C(OC(=O)[C@@]4(CC(=O)NC)CCCC(C)(C)O4)C(OC)=CC21CC)OCO3. The van der Waals surface area contributed by atoms with Crippen LogP contribution in [-0.4, -0.2) is 73.7 Å². The highest BCUT2D eigenvalue weighted by atomic mass is 16.7. The van der Waals surface area contributed by atoms with Crippen LogP contribution >= 0.6 is 0 Å². The number of likely N-dealkylation sites (N-methyl/N-ethyl adjacent to an activating group) is 1. The highest BCUT2D eigenvalue weighted by Gasteiger charge is 2.58. The van der Waals surface area contributed by atoms with E-state index in [1.807, 2.05) is 13.8 Å². The van der Waals surface area contributed by atoms with E-state index in [1.54, 1.807) is 14.2 Å². The predicted molar refractivity (Wildman–Crippen MR) is 145 cm³/mol. The van der Waals surface area contributed by atoms with Crippen molar-refractivity contribution in [2.75, 3.05) is 34.0 Å². The lowest BCUT2D eigenvalue weighted by molar-refractivity contribution is -0.214. The number of rotatable bonds is 7. The van der Waals surface area contributed by atoms with Crippen molar-refractivity contribution in [1.82, 2.24) is 10.2 Å². The zero-order chi connectivity index (χ0) is 28.0. The molecule has 0 aromatic heterocycles. The Balaban J connectivity index is 1.59. The summed E-state index contributed by atoms with van der Waals surface area (Å²) >= 11 is 0. The highest BCUT2D eigenvalue weighted by Crippen LogP contribution is 2.54. The molecule has 0 bridgehead atoms. The Kier molecular flexibility index (Phi) is 7.35. The van der Waals surface area contributed by atoms with Crippen LogP contribution < -0.4 is 14.8 Å². The molecule has 1 aliphatic carbocycles. The molecule has 1 fully saturated rings. The van der Waals surface area contributed by atoms with Crippen LogP contribution in [0.1, 0.15) is 76.8 Å². The van der Waals surface area contributed by atoms with Gasteiger partial charge < -0.3 is 29.0 Å². The maximum Gasteiger partial charge on any atom is 0.339 e. The first-order valence-corrected chi connectivity index (χ1v) is 14.2. The van der Waals surface area contributed by atoms with E-state index < -0.39 is 28.8 Å². The molecular formula is C30H42N2O7. The number of hydrogen-bond acceptors (Lipinski definition) is 8. The van der Waals surface area contributed by atoms with Gasteiger partial charge in [-0.1, -0.05) is 13.8 Å². The minimum absolute atomic E-state index is 0.0928. The number of benzene rings is 1. The van der Waals surface area contributed by atoms with Gasteiger partial charge in [0, 0.05) is 13.6 Å². The summed E-state index contributed by atoms with van der Waals surface area (Å²) in [7, 11) is 3.19. The summed E-state index contributed by atoms with van der Waals surface area (Å²) in [5.41, 5.74) is -0.126. The van der Waals surface area contributed by atoms with Crippen molar-refractivity contribution in [1.29, 1.82) is 0 Å². The normalized spacial score (nSPS) is 31.0. The van der Waals surface area contributed by atoms with Gasteiger partial charge in [0.1, 0.15) is 5.76 Å². The van der Waals surface area contributed by atoms with Crippen molar-refractivity contribution in [3.05, 3.63) is 35.1 Å². The Morgan fingerprint density at radius 2 is 1.90 bits per heavy atom. The fourth-order valence-corrected chi connectivity index (χ4v) is 7.18. The van der Waals surface area contributed by atoms with Crippen LogP contribution in [0.15, 0.2) is 24.0 Å². The lowest BCUT2D eigenvalue weighted by Crippen LogP contribution is -2.55. The molecule has 3 unspecified atom stereocenters. The minimum atomic E-state index is -1.37. The van der Waals surface area contributed by atoms with Crippen LogP contribution in [0, 0.1) is 0 Å². The molecular weight excluding hydrogens is 500 g/mol. The molecule has 9 nitrogen and oxygen atoms in total. The van der Waals surface area contributed by atoms with Gasteiger partial charge in [-0.05, 0) is 81.8 Å². The number of amides is 1. The van der Waals surface area contributed by atoms with E-state index in [1.165, 1.54) is 0 Å². The average Bonchev–Trinajstić information content (AvgIpc) is 3.46. The van der Waals surface area contributed by atoms with Crippen LogP contribution in [0.5, 0.6) is 11.5 Å². The number of carbonyl (C=O) groups is 2. The number of ether oxygens (including phenoxy) is 5. The van der Waals surface area contributed by atoms with E-state index in [0.29, 0.717) is 17.9 Å². The van der Waals surface area contributed by atoms with Gasteiger partial charge in [0.05, 0.1) is 30.6 Å². The predicted octanol–water partition coefficient (Wildman–Crippen LogP) is 3.84. The van der Waals surface area contributed by atoms with Crippen LogP contribution in [0.4, 0.5) is 0 Å². The minimum Gasteiger partial charge on any atom is -0.497 e. The van der Waals surface area contributed by atoms with Gasteiger partial charge in [0.2, 0.25) is 12.7 Å². The number of fused-ring (bicyclic) bond motifs is 4. The number of esters is 1. The summed E-state index contributed by atoms with van der Waals surface area (Å²) in [4.78, 5) is 29.3. The lowest BCUT2D eigenvalue weighted by atomic mass is 9.76. The van der Waals surface area contributed by atoms with E-state index >= 15 is 0 Å². The van der Waals surface area contributed by atoms with Crippen LogP contribution in [0.3, 0.4) is 0 Å². The van der Waals surface area contributed by atoms with E-state index in [0.717, 1.165) is 55.6 Å². The second-order valence-corrected chi connectivity index (χ2v) is 11.7. The lowest BCUT2D eigenvalue weighted by Gasteiger charge is -2.45. The Hall–Kier alpha value is -2.78. The molecule has 214 valence electrons. The summed E-state index contributed by atoms with van der Waals surface area (Å²) < 4.78 is 30.3. The number of nitrogens with one attached hydrogen (secondary N) is 1. The maximum absolute atomic E-state index is 14.2. The molecule has 4 atom stereocenters. The molecule has 3 aliphatic heterocycles. The second kappa shape index (κ2) is 10.3. The monoisotopic (exact) mass is 542 g/mol. The van der Waals surface area contributed by atoms with Crippen LogP contribution in [0.2, 0.25) is 0 Å². The maximum atomic E-state index is 14.2. The summed E-state index contributed by atoms with van der Waals surface area (Å²) in [5, 5.41) is 2.66. The van der Waals surface area contributed by atoms with E-state index in [9.17, 15) is 9.59 Å². The topological polar surface area (TPSA) is 95.6 Å². The largest absolute Gasteiger partial charge is 0.497 e. The molecule has 9 heteroatoms. The third kappa shape index (κ3) is 4.67. The Morgan fingerprint density at radius 3 is 2.54 bits per heavy atom. The Morgan fingerprint density at radius 1 is 1.15 bits per heavy atom. The van der Waals surface area contributed by atoms with Crippen LogP contribution in [0.25, 0.3) is 0 Å². The fourth-order valence-electron chi connectivity index (χ4n) is 7.18. The number of hydrogen-bond donors (Lipinski definition) is 1. The smallest absolute Gasteiger partial charge is 0.339 e. The highest BCUT2D eigenvalue weighted by molar-refractivity contribution is 5.88. The summed E-state index contributed by atoms with van der Waals surface area (Å²) in [6.45, 7) is 10.1. The molecule has 1 N–H and O–H groups in total. The van der Waals surface area contributed by atoms with E-state index in [-0.39, 0.29) is 25.0 Å². The fraction of sp³-hybridized carbons (Fsp3) is 0.667. The molecule has 4 aliphatic rings. The van der Waals surface area contributed by atoms with Crippen molar-refractivity contribution >= 4 is 11.9 Å². The molecule has 39 heavy (non-hydrogen) atoms. The van der Waals surface area contributed by atoms with Crippen molar-refractivity contribution in [2.45, 2.75) is 95.0 Å². The van der Waals surface area contributed by atoms with Crippen molar-refractivity contribution in [2.24, 2.45) is 0 Å². The average molecular weight is 543 g/mol. The number of methoxy groups -OCH3 is 1. The molecule has 1 amide bonds. The zero-order valence-corrected chi connectivity index (χ0v) is 24.1. The summed E-state index contributed by atoms with van der Waals surface area (Å²) in [6, 6.07) is 4.13. The van der Waals surface area contributed by atoms with E-state index in [4.69, 9.17) is 23.7 Å². The van der Waals surface area contributed by atoms with Gasteiger partial charge in [0.15, 0.2) is 23.2 Å². The van der Waals surface area contributed by atoms with E-state index in [2.05, 4.69) is 42.3 Å². The first-order chi connectivity index (χ1) is 18.6. The standard InChI is InChI=1S/C30H42N2O7/c1-7-29-16-23(35-6)26(38-27(34)30(17-24(33)31-5)12-9-11-28(3,4)39-30)25(29)20-15-22-21(36-18-37-22)14-19(20)10-13-32(29)8-2/h14-16,25-26H,7-13,17-18H2,1-6H3,(H,31,33)/t25?,26?,29?,30-/m0/s1. The van der Waals surface area contributed by atoms with Gasteiger partial charge in [0.25, 0.3) is 0 Å². The summed E-state index contributed by atoms with van der Waals surface area (Å²) in [5.74, 6) is 1.05. The first kappa shape index (κ1) is 27.8. The Labute approximate surface area is 231 Å². The zero-order valence-electron chi connectivity index (χ0n) is 24.1. The van der Waals surface area contributed by atoms with Gasteiger partial charge >= 0.3 is 5.97 Å². The first-order valence-electron chi connectivity index (χ1n) is 14.2. The van der Waals surface area contributed by atoms with Gasteiger partial charge in [-0.3, -0.25) is 9.69 Å².